The molecule has 0 bridgehead atoms. The van der Waals surface area contributed by atoms with Gasteiger partial charge in [-0.1, -0.05) is 72.4 Å². The van der Waals surface area contributed by atoms with Gasteiger partial charge in [0.25, 0.3) is 0 Å². The predicted octanol–water partition coefficient (Wildman–Crippen LogP) is 3.76. The van der Waals surface area contributed by atoms with E-state index in [4.69, 9.17) is 0 Å². The van der Waals surface area contributed by atoms with Crippen molar-refractivity contribution in [2.45, 2.75) is 23.2 Å². The Morgan fingerprint density at radius 2 is 1.45 bits per heavy atom. The number of nitrogens with zero attached hydrogens (tertiary/aromatic N) is 3. The summed E-state index contributed by atoms with van der Waals surface area (Å²) in [6, 6.07) is 21.3. The van der Waals surface area contributed by atoms with Crippen LogP contribution in [0.25, 0.3) is 0 Å². The second-order valence-corrected chi connectivity index (χ2v) is 6.61. The van der Waals surface area contributed by atoms with E-state index in [-0.39, 0.29) is 0 Å². The second-order valence-electron chi connectivity index (χ2n) is 5.34. The largest absolute Gasteiger partial charge is 0.312 e. The van der Waals surface area contributed by atoms with Crippen molar-refractivity contribution in [3.63, 3.8) is 0 Å². The van der Waals surface area contributed by atoms with Gasteiger partial charge in [0.05, 0.1) is 0 Å². The molecule has 1 heterocycles. The normalized spacial score (nSPS) is 11.0. The molecule has 22 heavy (non-hydrogen) atoms. The summed E-state index contributed by atoms with van der Waals surface area (Å²) < 4.78 is 1.98. The molecular weight excluding hydrogens is 290 g/mol. The van der Waals surface area contributed by atoms with E-state index < -0.39 is 0 Å². The maximum Gasteiger partial charge on any atom is 0.191 e. The van der Waals surface area contributed by atoms with Gasteiger partial charge < -0.3 is 4.57 Å². The van der Waals surface area contributed by atoms with Crippen molar-refractivity contribution in [1.29, 1.82) is 0 Å². The highest BCUT2D eigenvalue weighted by atomic mass is 32.2. The third kappa shape index (κ3) is 3.98. The van der Waals surface area contributed by atoms with Crippen molar-refractivity contribution in [2.75, 3.05) is 0 Å². The monoisotopic (exact) mass is 309 g/mol. The predicted molar refractivity (Wildman–Crippen MR) is 90.9 cm³/mol. The maximum atomic E-state index is 4.21. The number of aryl methyl sites for hydroxylation is 1. The van der Waals surface area contributed by atoms with Gasteiger partial charge in [-0.3, -0.25) is 0 Å². The van der Waals surface area contributed by atoms with Crippen molar-refractivity contribution in [3.8, 4) is 0 Å². The lowest BCUT2D eigenvalue weighted by Gasteiger charge is -2.16. The molecule has 0 saturated heterocycles. The van der Waals surface area contributed by atoms with Crippen LogP contribution in [0.2, 0.25) is 0 Å². The highest BCUT2D eigenvalue weighted by Gasteiger charge is 2.15. The molecule has 3 nitrogen and oxygen atoms in total. The van der Waals surface area contributed by atoms with E-state index in [1.165, 1.54) is 11.1 Å². The van der Waals surface area contributed by atoms with Crippen LogP contribution in [0.15, 0.2) is 72.1 Å². The fraction of sp³-hybridized carbons (Fsp3) is 0.222. The number of hydrogen-bond donors (Lipinski definition) is 0. The minimum absolute atomic E-state index is 0.438. The fourth-order valence-corrected chi connectivity index (χ4v) is 3.60. The quantitative estimate of drug-likeness (QED) is 0.650. The lowest BCUT2D eigenvalue weighted by atomic mass is 10.0. The van der Waals surface area contributed by atoms with Gasteiger partial charge in [-0.2, -0.15) is 0 Å². The van der Waals surface area contributed by atoms with Crippen LogP contribution in [0.3, 0.4) is 0 Å². The van der Waals surface area contributed by atoms with E-state index in [1.807, 2.05) is 11.6 Å². The Labute approximate surface area is 135 Å². The molecule has 4 heteroatoms. The molecule has 0 aliphatic rings. The van der Waals surface area contributed by atoms with Crippen LogP contribution in [0, 0.1) is 0 Å². The summed E-state index contributed by atoms with van der Waals surface area (Å²) in [6.07, 6.45) is 3.80. The summed E-state index contributed by atoms with van der Waals surface area (Å²) in [6.45, 7) is 0. The van der Waals surface area contributed by atoms with E-state index in [9.17, 15) is 0 Å². The molecule has 0 amide bonds. The molecule has 0 spiro atoms. The summed E-state index contributed by atoms with van der Waals surface area (Å²) in [5.74, 6) is 0. The van der Waals surface area contributed by atoms with Crippen LogP contribution in [0.4, 0.5) is 0 Å². The summed E-state index contributed by atoms with van der Waals surface area (Å²) >= 11 is 1.80. The zero-order valence-corrected chi connectivity index (χ0v) is 13.4. The summed E-state index contributed by atoms with van der Waals surface area (Å²) in [5, 5.41) is 9.60. The van der Waals surface area contributed by atoms with Crippen molar-refractivity contribution >= 4 is 11.8 Å². The van der Waals surface area contributed by atoms with Crippen LogP contribution in [0.1, 0.15) is 11.1 Å². The molecule has 112 valence electrons. The molecule has 0 aliphatic carbocycles. The summed E-state index contributed by atoms with van der Waals surface area (Å²) in [5.41, 5.74) is 2.72. The molecule has 1 aromatic heterocycles. The van der Waals surface area contributed by atoms with E-state index in [0.29, 0.717) is 5.25 Å². The van der Waals surface area contributed by atoms with Gasteiger partial charge in [-0.25, -0.2) is 0 Å². The molecule has 3 rings (SSSR count). The van der Waals surface area contributed by atoms with Crippen LogP contribution in [-0.2, 0) is 19.9 Å². The molecule has 0 aliphatic heterocycles. The molecule has 0 radical (unpaired) electrons. The van der Waals surface area contributed by atoms with Gasteiger partial charge in [-0.05, 0) is 24.0 Å². The smallest absolute Gasteiger partial charge is 0.191 e. The first-order valence-corrected chi connectivity index (χ1v) is 8.28. The SMILES string of the molecule is Cn1cnnc1SC(Cc1ccccc1)Cc1ccccc1. The molecule has 0 saturated carbocycles. The fourth-order valence-electron chi connectivity index (χ4n) is 2.44. The molecule has 0 fully saturated rings. The number of aromatic nitrogens is 3. The maximum absolute atomic E-state index is 4.21. The number of rotatable bonds is 6. The molecular formula is C18H19N3S. The minimum atomic E-state index is 0.438. The van der Waals surface area contributed by atoms with Crippen molar-refractivity contribution in [2.24, 2.45) is 7.05 Å². The first-order chi connectivity index (χ1) is 10.8. The Balaban J connectivity index is 1.77. The summed E-state index contributed by atoms with van der Waals surface area (Å²) in [4.78, 5) is 0. The van der Waals surface area contributed by atoms with Gasteiger partial charge in [0.15, 0.2) is 5.16 Å². The van der Waals surface area contributed by atoms with Crippen molar-refractivity contribution in [1.82, 2.24) is 14.8 Å². The van der Waals surface area contributed by atoms with Gasteiger partial charge >= 0.3 is 0 Å². The van der Waals surface area contributed by atoms with Crippen LogP contribution in [0.5, 0.6) is 0 Å². The standard InChI is InChI=1S/C18H19N3S/c1-21-14-19-20-18(21)22-17(12-15-8-4-2-5-9-15)13-16-10-6-3-7-11-16/h2-11,14,17H,12-13H2,1H3. The van der Waals surface area contributed by atoms with E-state index in [2.05, 4.69) is 70.9 Å². The highest BCUT2D eigenvalue weighted by molar-refractivity contribution is 7.99. The number of hydrogen-bond acceptors (Lipinski definition) is 3. The Morgan fingerprint density at radius 3 is 1.91 bits per heavy atom. The minimum Gasteiger partial charge on any atom is -0.312 e. The van der Waals surface area contributed by atoms with Crippen LogP contribution in [-0.4, -0.2) is 20.0 Å². The van der Waals surface area contributed by atoms with E-state index >= 15 is 0 Å². The van der Waals surface area contributed by atoms with Gasteiger partial charge in [0.2, 0.25) is 0 Å². The highest BCUT2D eigenvalue weighted by Crippen LogP contribution is 2.26. The third-order valence-electron chi connectivity index (χ3n) is 3.55. The van der Waals surface area contributed by atoms with Crippen molar-refractivity contribution in [3.05, 3.63) is 78.1 Å². The Morgan fingerprint density at radius 1 is 0.909 bits per heavy atom. The first-order valence-electron chi connectivity index (χ1n) is 7.40. The number of benzene rings is 2. The van der Waals surface area contributed by atoms with Crippen molar-refractivity contribution < 1.29 is 0 Å². The Kier molecular flexibility index (Phi) is 4.91. The molecule has 3 aromatic rings. The average Bonchev–Trinajstić information content (AvgIpc) is 2.94. The Hall–Kier alpha value is -2.07. The van der Waals surface area contributed by atoms with Gasteiger partial charge in [-0.15, -0.1) is 10.2 Å². The topological polar surface area (TPSA) is 30.7 Å². The Bertz CT molecular complexity index is 653. The van der Waals surface area contributed by atoms with Crippen LogP contribution >= 0.6 is 11.8 Å². The molecule has 0 N–H and O–H groups in total. The third-order valence-corrected chi connectivity index (χ3v) is 4.80. The van der Waals surface area contributed by atoms with E-state index in [0.717, 1.165) is 18.0 Å². The second kappa shape index (κ2) is 7.27. The van der Waals surface area contributed by atoms with E-state index in [1.54, 1.807) is 18.1 Å². The lowest BCUT2D eigenvalue weighted by Crippen LogP contribution is -2.12. The van der Waals surface area contributed by atoms with Gasteiger partial charge in [0.1, 0.15) is 6.33 Å². The average molecular weight is 309 g/mol. The lowest BCUT2D eigenvalue weighted by molar-refractivity contribution is 0.770. The molecule has 2 aromatic carbocycles. The summed E-state index contributed by atoms with van der Waals surface area (Å²) in [7, 11) is 1.99. The number of thioether (sulfide) groups is 1. The zero-order chi connectivity index (χ0) is 15.2. The molecule has 0 unspecified atom stereocenters. The van der Waals surface area contributed by atoms with Gasteiger partial charge in [0, 0.05) is 12.3 Å². The zero-order valence-electron chi connectivity index (χ0n) is 12.6. The first kappa shape index (κ1) is 14.9. The van der Waals surface area contributed by atoms with Crippen LogP contribution < -0.4 is 0 Å². The molecule has 0 atom stereocenters.